The van der Waals surface area contributed by atoms with Crippen LogP contribution in [0.3, 0.4) is 0 Å². The normalized spacial score (nSPS) is 16.1. The molecule has 0 amide bonds. The van der Waals surface area contributed by atoms with Gasteiger partial charge in [-0.05, 0) is 43.4 Å². The lowest BCUT2D eigenvalue weighted by Crippen LogP contribution is -2.45. The molecule has 0 N–H and O–H groups in total. The van der Waals surface area contributed by atoms with E-state index in [-0.39, 0.29) is 0 Å². The van der Waals surface area contributed by atoms with Crippen molar-refractivity contribution in [1.82, 2.24) is 23.8 Å². The molecule has 1 aliphatic rings. The van der Waals surface area contributed by atoms with Crippen LogP contribution in [0, 0.1) is 0 Å². The Bertz CT molecular complexity index is 1120. The minimum Gasteiger partial charge on any atom is -0.497 e. The monoisotopic (exact) mass is 389 g/mol. The molecule has 3 heterocycles. The van der Waals surface area contributed by atoms with Crippen molar-refractivity contribution in [2.24, 2.45) is 0 Å². The zero-order valence-corrected chi connectivity index (χ0v) is 17.1. The van der Waals surface area contributed by atoms with Crippen LogP contribution in [-0.4, -0.2) is 70.6 Å². The largest absolute Gasteiger partial charge is 0.497 e. The number of para-hydroxylation sites is 2. The van der Waals surface area contributed by atoms with E-state index in [0.29, 0.717) is 0 Å². The third-order valence-corrected chi connectivity index (χ3v) is 5.98. The van der Waals surface area contributed by atoms with E-state index in [4.69, 9.17) is 9.72 Å². The summed E-state index contributed by atoms with van der Waals surface area (Å²) < 4.78 is 9.92. The number of piperazine rings is 1. The highest BCUT2D eigenvalue weighted by Crippen LogP contribution is 2.28. The molecule has 6 nitrogen and oxygen atoms in total. The summed E-state index contributed by atoms with van der Waals surface area (Å²) in [7, 11) is 3.90. The van der Waals surface area contributed by atoms with Gasteiger partial charge in [0.1, 0.15) is 5.75 Å². The Kier molecular flexibility index (Phi) is 4.73. The molecule has 0 atom stereocenters. The van der Waals surface area contributed by atoms with Crippen LogP contribution in [0.15, 0.2) is 54.7 Å². The maximum absolute atomic E-state index is 5.34. The van der Waals surface area contributed by atoms with Crippen LogP contribution in [0.2, 0.25) is 0 Å². The molecule has 2 aromatic carbocycles. The topological polar surface area (TPSA) is 37.9 Å². The average Bonchev–Trinajstić information content (AvgIpc) is 3.30. The number of hydrogen-bond acceptors (Lipinski definition) is 4. The van der Waals surface area contributed by atoms with Gasteiger partial charge in [-0.2, -0.15) is 0 Å². The molecule has 1 fully saturated rings. The van der Waals surface area contributed by atoms with Crippen LogP contribution in [0.5, 0.6) is 5.75 Å². The number of hydrogen-bond donors (Lipinski definition) is 0. The van der Waals surface area contributed by atoms with Gasteiger partial charge in [-0.1, -0.05) is 12.1 Å². The van der Waals surface area contributed by atoms with Crippen molar-refractivity contribution >= 4 is 16.8 Å². The van der Waals surface area contributed by atoms with Crippen molar-refractivity contribution in [3.8, 4) is 17.0 Å². The molecule has 2 aromatic heterocycles. The Labute approximate surface area is 170 Å². The second-order valence-corrected chi connectivity index (χ2v) is 7.81. The van der Waals surface area contributed by atoms with Crippen LogP contribution in [-0.2, 0) is 6.54 Å². The van der Waals surface area contributed by atoms with E-state index in [9.17, 15) is 0 Å². The van der Waals surface area contributed by atoms with Crippen LogP contribution in [0.25, 0.3) is 28.1 Å². The second kappa shape index (κ2) is 7.54. The zero-order valence-electron chi connectivity index (χ0n) is 17.1. The van der Waals surface area contributed by atoms with E-state index in [1.54, 1.807) is 7.11 Å². The molecule has 0 radical (unpaired) electrons. The molecule has 0 spiro atoms. The van der Waals surface area contributed by atoms with Crippen molar-refractivity contribution in [2.75, 3.05) is 46.9 Å². The number of fused-ring (bicyclic) bond motifs is 3. The summed E-state index contributed by atoms with van der Waals surface area (Å²) in [6.07, 6.45) is 2.22. The average molecular weight is 390 g/mol. The van der Waals surface area contributed by atoms with Gasteiger partial charge in [-0.25, -0.2) is 4.98 Å². The minimum absolute atomic E-state index is 0.875. The number of benzene rings is 2. The van der Waals surface area contributed by atoms with E-state index in [2.05, 4.69) is 62.3 Å². The SMILES string of the molecule is COc1ccc(-c2cn3c4ccccc4nc3n2CCN2CCN(C)CC2)cc1. The summed E-state index contributed by atoms with van der Waals surface area (Å²) in [6.45, 7) is 6.49. The molecule has 150 valence electrons. The predicted molar refractivity (Wildman–Crippen MR) is 117 cm³/mol. The summed E-state index contributed by atoms with van der Waals surface area (Å²) in [5.74, 6) is 1.88. The first-order valence-corrected chi connectivity index (χ1v) is 10.2. The summed E-state index contributed by atoms with van der Waals surface area (Å²) >= 11 is 0. The second-order valence-electron chi connectivity index (χ2n) is 7.81. The Morgan fingerprint density at radius 3 is 2.45 bits per heavy atom. The predicted octanol–water partition coefficient (Wildman–Crippen LogP) is 3.21. The summed E-state index contributed by atoms with van der Waals surface area (Å²) in [5, 5.41) is 0. The third kappa shape index (κ3) is 3.39. The van der Waals surface area contributed by atoms with Gasteiger partial charge in [0.2, 0.25) is 5.78 Å². The molecule has 29 heavy (non-hydrogen) atoms. The number of methoxy groups -OCH3 is 1. The number of ether oxygens (including phenoxy) is 1. The molecular weight excluding hydrogens is 362 g/mol. The zero-order chi connectivity index (χ0) is 19.8. The molecule has 0 bridgehead atoms. The minimum atomic E-state index is 0.875. The van der Waals surface area contributed by atoms with Gasteiger partial charge in [-0.15, -0.1) is 0 Å². The van der Waals surface area contributed by atoms with Gasteiger partial charge in [-0.3, -0.25) is 9.30 Å². The Morgan fingerprint density at radius 1 is 0.931 bits per heavy atom. The summed E-state index contributed by atoms with van der Waals surface area (Å²) in [5.41, 5.74) is 4.56. The fourth-order valence-corrected chi connectivity index (χ4v) is 4.17. The number of rotatable bonds is 5. The molecule has 6 heteroatoms. The van der Waals surface area contributed by atoms with Gasteiger partial charge in [0, 0.05) is 51.0 Å². The van der Waals surface area contributed by atoms with Gasteiger partial charge >= 0.3 is 0 Å². The van der Waals surface area contributed by atoms with E-state index in [1.165, 1.54) is 11.3 Å². The van der Waals surface area contributed by atoms with Crippen molar-refractivity contribution in [3.05, 3.63) is 54.7 Å². The lowest BCUT2D eigenvalue weighted by atomic mass is 10.1. The molecule has 1 aliphatic heterocycles. The van der Waals surface area contributed by atoms with Crippen molar-refractivity contribution in [1.29, 1.82) is 0 Å². The molecule has 0 aliphatic carbocycles. The summed E-state index contributed by atoms with van der Waals surface area (Å²) in [6, 6.07) is 16.6. The molecule has 4 aromatic rings. The standard InChI is InChI=1S/C23H27N5O/c1-25-11-13-26(14-12-25)15-16-27-22(18-7-9-19(29-2)10-8-18)17-28-21-6-4-3-5-20(21)24-23(27)28/h3-10,17H,11-16H2,1-2H3. The molecule has 0 unspecified atom stereocenters. The van der Waals surface area contributed by atoms with Crippen LogP contribution in [0.1, 0.15) is 0 Å². The number of imidazole rings is 2. The van der Waals surface area contributed by atoms with Crippen molar-refractivity contribution in [3.63, 3.8) is 0 Å². The third-order valence-electron chi connectivity index (χ3n) is 5.98. The Morgan fingerprint density at radius 2 is 1.69 bits per heavy atom. The molecule has 0 saturated carbocycles. The van der Waals surface area contributed by atoms with E-state index in [1.807, 2.05) is 18.2 Å². The fraction of sp³-hybridized carbons (Fsp3) is 0.348. The maximum atomic E-state index is 5.34. The van der Waals surface area contributed by atoms with Gasteiger partial charge in [0.25, 0.3) is 0 Å². The van der Waals surface area contributed by atoms with Crippen LogP contribution < -0.4 is 4.74 Å². The number of nitrogens with zero attached hydrogens (tertiary/aromatic N) is 5. The molecule has 1 saturated heterocycles. The van der Waals surface area contributed by atoms with Crippen molar-refractivity contribution in [2.45, 2.75) is 6.54 Å². The first-order chi connectivity index (χ1) is 14.2. The molecular formula is C23H27N5O. The smallest absolute Gasteiger partial charge is 0.215 e. The quantitative estimate of drug-likeness (QED) is 0.525. The summed E-state index contributed by atoms with van der Waals surface area (Å²) in [4.78, 5) is 9.90. The van der Waals surface area contributed by atoms with E-state index in [0.717, 1.165) is 61.8 Å². The Hall–Kier alpha value is -2.83. The van der Waals surface area contributed by atoms with Gasteiger partial charge in [0.15, 0.2) is 0 Å². The maximum Gasteiger partial charge on any atom is 0.215 e. The highest BCUT2D eigenvalue weighted by atomic mass is 16.5. The highest BCUT2D eigenvalue weighted by Gasteiger charge is 2.18. The fourth-order valence-electron chi connectivity index (χ4n) is 4.17. The highest BCUT2D eigenvalue weighted by molar-refractivity contribution is 5.81. The van der Waals surface area contributed by atoms with Crippen LogP contribution in [0.4, 0.5) is 0 Å². The van der Waals surface area contributed by atoms with E-state index < -0.39 is 0 Å². The lowest BCUT2D eigenvalue weighted by Gasteiger charge is -2.32. The lowest BCUT2D eigenvalue weighted by molar-refractivity contribution is 0.150. The Balaban J connectivity index is 1.54. The van der Waals surface area contributed by atoms with Gasteiger partial charge < -0.3 is 14.2 Å². The van der Waals surface area contributed by atoms with Crippen LogP contribution >= 0.6 is 0 Å². The number of likely N-dealkylation sites (N-methyl/N-ethyl adjacent to an activating group) is 1. The molecule has 5 rings (SSSR count). The first-order valence-electron chi connectivity index (χ1n) is 10.2. The van der Waals surface area contributed by atoms with Gasteiger partial charge in [0.05, 0.1) is 23.8 Å². The number of aromatic nitrogens is 3. The van der Waals surface area contributed by atoms with E-state index >= 15 is 0 Å². The first kappa shape index (κ1) is 18.2. The van der Waals surface area contributed by atoms with Crippen molar-refractivity contribution < 1.29 is 4.74 Å².